The van der Waals surface area contributed by atoms with Gasteiger partial charge in [0.2, 0.25) is 0 Å². The standard InChI is InChI=1S/C35H41N5O4.C32H39N5O4.CH4/c1-23-7-8-25-26(18-23)27(28(29-21-36-22-38(29)4)20-30(41)43-34(2)9-10-34)19-24-6-5-13-37-31(24)32(25)39-14-16-40(17-15-39)33(42)44-35(3)11-12-35;1-21(2)41-32(39)37-13-11-36(12-14-37)31-25-9-8-22(3)15-26(25)27(16-23-7-6-10-34-30(23)31)28(17-24(38)19-40-5)29-18-33-20-35(29)4;/h5-8,13,18-19,21-22,28,32H,9-12,14-17,20H2,1-4H3;6-10,15-16,18,20-21,28,31H,11-14,17,19H2,1-5H3;1H4/t28-,32+;28-,31+;/m11./s1. The molecule has 2 saturated carbocycles. The lowest BCUT2D eigenvalue weighted by Gasteiger charge is -2.39. The molecule has 12 rings (SSSR count). The number of piperazine rings is 2. The minimum absolute atomic E-state index is 0. The summed E-state index contributed by atoms with van der Waals surface area (Å²) in [6.07, 6.45) is 19.0. The molecule has 18 heteroatoms. The zero-order valence-electron chi connectivity index (χ0n) is 50.6. The number of imidazole rings is 2. The molecule has 2 amide bonds. The molecule has 4 aliphatic carbocycles. The molecule has 454 valence electrons. The second-order valence-electron chi connectivity index (χ2n) is 24.7. The van der Waals surface area contributed by atoms with E-state index in [0.29, 0.717) is 58.8 Å². The van der Waals surface area contributed by atoms with Crippen molar-refractivity contribution >= 4 is 47.2 Å². The number of ether oxygens (including phenoxy) is 4. The van der Waals surface area contributed by atoms with Crippen molar-refractivity contribution in [2.45, 2.75) is 129 Å². The Bertz CT molecular complexity index is 3520. The summed E-state index contributed by atoms with van der Waals surface area (Å²) in [5.41, 5.74) is 14.2. The van der Waals surface area contributed by atoms with Crippen LogP contribution in [0.3, 0.4) is 0 Å². The lowest BCUT2D eigenvalue weighted by molar-refractivity contribution is -0.150. The van der Waals surface area contributed by atoms with E-state index in [2.05, 4.69) is 94.3 Å². The van der Waals surface area contributed by atoms with Crippen molar-refractivity contribution < 1.29 is 38.1 Å². The molecule has 0 N–H and O–H groups in total. The summed E-state index contributed by atoms with van der Waals surface area (Å²) in [7, 11) is 5.49. The lowest BCUT2D eigenvalue weighted by atomic mass is 9.82. The number of aromatic nitrogens is 6. The Labute approximate surface area is 506 Å². The van der Waals surface area contributed by atoms with Crippen LogP contribution in [0.4, 0.5) is 9.59 Å². The first-order chi connectivity index (χ1) is 40.9. The maximum atomic E-state index is 13.4. The minimum atomic E-state index is -0.340. The average molecular weight is 1170 g/mol. The van der Waals surface area contributed by atoms with Crippen molar-refractivity contribution in [1.29, 1.82) is 0 Å². The third-order valence-electron chi connectivity index (χ3n) is 17.6. The molecule has 18 nitrogen and oxygen atoms in total. The third-order valence-corrected chi connectivity index (χ3v) is 17.6. The zero-order chi connectivity index (χ0) is 59.7. The molecule has 6 heterocycles. The first-order valence-corrected chi connectivity index (χ1v) is 30.0. The topological polar surface area (TPSA) is 180 Å². The van der Waals surface area contributed by atoms with E-state index in [4.69, 9.17) is 28.9 Å². The largest absolute Gasteiger partial charge is 0.459 e. The summed E-state index contributed by atoms with van der Waals surface area (Å²) >= 11 is 0. The van der Waals surface area contributed by atoms with Gasteiger partial charge in [-0.3, -0.25) is 29.4 Å². The van der Waals surface area contributed by atoms with Gasteiger partial charge in [-0.2, -0.15) is 0 Å². The van der Waals surface area contributed by atoms with E-state index in [1.165, 1.54) is 0 Å². The number of esters is 1. The quantitative estimate of drug-likeness (QED) is 0.0700. The number of amides is 2. The Morgan fingerprint density at radius 3 is 1.50 bits per heavy atom. The van der Waals surface area contributed by atoms with Crippen LogP contribution >= 0.6 is 0 Å². The van der Waals surface area contributed by atoms with Crippen LogP contribution in [0.5, 0.6) is 0 Å². The fraction of sp³-hybridized carbons (Fsp3) is 0.471. The Morgan fingerprint density at radius 2 is 1.07 bits per heavy atom. The highest BCUT2D eigenvalue weighted by molar-refractivity contribution is 5.93. The summed E-state index contributed by atoms with van der Waals surface area (Å²) in [5.74, 6) is -0.646. The summed E-state index contributed by atoms with van der Waals surface area (Å²) in [5, 5.41) is 0. The summed E-state index contributed by atoms with van der Waals surface area (Å²) in [6, 6.07) is 21.1. The molecule has 2 aliphatic heterocycles. The Hall–Kier alpha value is -7.80. The molecule has 86 heavy (non-hydrogen) atoms. The average Bonchev–Trinajstić information content (AvgIpc) is 2.11. The van der Waals surface area contributed by atoms with Crippen LogP contribution in [0.25, 0.3) is 23.3 Å². The Kier molecular flexibility index (Phi) is 18.3. The van der Waals surface area contributed by atoms with Gasteiger partial charge in [0.15, 0.2) is 5.78 Å². The van der Waals surface area contributed by atoms with Crippen molar-refractivity contribution in [3.8, 4) is 0 Å². The lowest BCUT2D eigenvalue weighted by Crippen LogP contribution is -2.50. The maximum Gasteiger partial charge on any atom is 0.410 e. The van der Waals surface area contributed by atoms with Crippen molar-refractivity contribution in [3.63, 3.8) is 0 Å². The van der Waals surface area contributed by atoms with E-state index in [9.17, 15) is 19.2 Å². The molecule has 0 radical (unpaired) electrons. The van der Waals surface area contributed by atoms with Gasteiger partial charge in [0, 0.05) is 128 Å². The van der Waals surface area contributed by atoms with E-state index >= 15 is 0 Å². The van der Waals surface area contributed by atoms with Crippen molar-refractivity contribution in [3.05, 3.63) is 165 Å². The van der Waals surface area contributed by atoms with Gasteiger partial charge in [-0.15, -0.1) is 0 Å². The highest BCUT2D eigenvalue weighted by Crippen LogP contribution is 2.49. The summed E-state index contributed by atoms with van der Waals surface area (Å²) in [6.45, 7) is 17.1. The number of carbonyl (C=O) groups excluding carboxylic acids is 4. The molecule has 0 unspecified atom stereocenters. The summed E-state index contributed by atoms with van der Waals surface area (Å²) in [4.78, 5) is 79.1. The molecule has 0 spiro atoms. The number of rotatable bonds is 15. The number of hydrogen-bond donors (Lipinski definition) is 0. The first kappa shape index (κ1) is 61.3. The zero-order valence-corrected chi connectivity index (χ0v) is 50.6. The van der Waals surface area contributed by atoms with E-state index < -0.39 is 0 Å². The highest BCUT2D eigenvalue weighted by Gasteiger charge is 2.45. The van der Waals surface area contributed by atoms with Crippen LogP contribution in [0, 0.1) is 13.8 Å². The second-order valence-corrected chi connectivity index (χ2v) is 24.7. The number of carbonyl (C=O) groups is 4. The first-order valence-electron chi connectivity index (χ1n) is 30.0. The molecule has 4 aromatic heterocycles. The highest BCUT2D eigenvalue weighted by atomic mass is 16.6. The van der Waals surface area contributed by atoms with Gasteiger partial charge < -0.3 is 37.9 Å². The SMILES string of the molecule is C.COCC(=O)C[C@H](C1=Cc2cccnc2[C@@H](N2CCN(C(=O)OC(C)C)CC2)c2ccc(C)cc21)c1cncn1C.Cc1ccc2c(c1)C([C@@H](CC(=O)OC1(C)CC1)c1cncn1C)=Cc1cccnc1[C@H]2N1CCN(C(=O)OC2(C)CC2)CC1. The smallest absolute Gasteiger partial charge is 0.410 e. The van der Waals surface area contributed by atoms with Crippen LogP contribution in [0.1, 0.15) is 165 Å². The van der Waals surface area contributed by atoms with Crippen LogP contribution in [-0.2, 0) is 42.6 Å². The third kappa shape index (κ3) is 13.4. The van der Waals surface area contributed by atoms with E-state index in [1.54, 1.807) is 24.7 Å². The number of pyridine rings is 2. The van der Waals surface area contributed by atoms with Crippen LogP contribution in [-0.4, -0.2) is 156 Å². The van der Waals surface area contributed by atoms with E-state index in [1.807, 2.05) is 92.7 Å². The van der Waals surface area contributed by atoms with Gasteiger partial charge in [-0.05, 0) is 136 Å². The molecule has 4 atom stereocenters. The maximum absolute atomic E-state index is 13.4. The number of aryl methyl sites for hydroxylation is 4. The van der Waals surface area contributed by atoms with Crippen LogP contribution in [0.2, 0.25) is 0 Å². The van der Waals surface area contributed by atoms with Crippen LogP contribution < -0.4 is 0 Å². The van der Waals surface area contributed by atoms with Crippen LogP contribution in [0.15, 0.2) is 98.1 Å². The number of methoxy groups -OCH3 is 1. The van der Waals surface area contributed by atoms with Gasteiger partial charge in [0.25, 0.3) is 0 Å². The number of ketones is 1. The number of fused-ring (bicyclic) bond motifs is 4. The van der Waals surface area contributed by atoms with Crippen molar-refractivity contribution in [2.75, 3.05) is 66.1 Å². The Balaban J connectivity index is 0.000000189. The van der Waals surface area contributed by atoms with Gasteiger partial charge in [0.1, 0.15) is 17.8 Å². The monoisotopic (exact) mass is 1170 g/mol. The molecule has 4 fully saturated rings. The number of nitrogens with zero attached hydrogens (tertiary/aromatic N) is 10. The second kappa shape index (κ2) is 25.6. The summed E-state index contributed by atoms with van der Waals surface area (Å²) < 4.78 is 26.4. The minimum Gasteiger partial charge on any atom is -0.459 e. The van der Waals surface area contributed by atoms with Gasteiger partial charge in [0.05, 0.1) is 48.7 Å². The molecule has 6 aromatic rings. The molecule has 2 saturated heterocycles. The molecular weight excluding hydrogens is 1080 g/mol. The predicted molar refractivity (Wildman–Crippen MR) is 331 cm³/mol. The predicted octanol–water partition coefficient (Wildman–Crippen LogP) is 10.9. The molecule has 2 aromatic carbocycles. The van der Waals surface area contributed by atoms with Gasteiger partial charge in [-0.25, -0.2) is 19.6 Å². The van der Waals surface area contributed by atoms with E-state index in [0.717, 1.165) is 104 Å². The number of benzene rings is 2. The number of allylic oxidation sites excluding steroid dienone is 2. The van der Waals surface area contributed by atoms with Gasteiger partial charge >= 0.3 is 18.2 Å². The van der Waals surface area contributed by atoms with Crippen molar-refractivity contribution in [2.24, 2.45) is 14.1 Å². The normalized spacial score (nSPS) is 19.8. The fourth-order valence-corrected chi connectivity index (χ4v) is 12.5. The Morgan fingerprint density at radius 1 is 0.616 bits per heavy atom. The molecular formula is C68H84N10O8. The number of Topliss-reactive ketones (excluding diaryl/α,β-unsaturated/α-hetero) is 1. The van der Waals surface area contributed by atoms with Crippen molar-refractivity contribution in [1.82, 2.24) is 48.7 Å². The molecule has 6 aliphatic rings. The van der Waals surface area contributed by atoms with E-state index in [-0.39, 0.29) is 85.6 Å². The number of hydrogen-bond acceptors (Lipinski definition) is 14. The fourth-order valence-electron chi connectivity index (χ4n) is 12.5. The molecule has 0 bridgehead atoms. The van der Waals surface area contributed by atoms with Gasteiger partial charge in [-0.1, -0.05) is 67.1 Å².